The Bertz CT molecular complexity index is 2290. The number of thiophene rings is 1. The molecule has 0 amide bonds. The van der Waals surface area contributed by atoms with Crippen molar-refractivity contribution in [3.8, 4) is 22.5 Å². The van der Waals surface area contributed by atoms with Gasteiger partial charge in [0.15, 0.2) is 0 Å². The summed E-state index contributed by atoms with van der Waals surface area (Å²) in [6, 6.07) is 25.3. The van der Waals surface area contributed by atoms with E-state index in [-0.39, 0.29) is 31.5 Å². The molecule has 44 heavy (non-hydrogen) atoms. The largest absolute Gasteiger partial charge is 0.486 e. The van der Waals surface area contributed by atoms with Crippen LogP contribution in [-0.2, 0) is 26.5 Å². The Labute approximate surface area is 284 Å². The van der Waals surface area contributed by atoms with Crippen molar-refractivity contribution in [3.05, 3.63) is 112 Å². The van der Waals surface area contributed by atoms with Crippen LogP contribution in [0.15, 0.2) is 77.5 Å². The Morgan fingerprint density at radius 2 is 1.73 bits per heavy atom. The number of furan rings is 1. The van der Waals surface area contributed by atoms with Gasteiger partial charge in [0.2, 0.25) is 5.71 Å². The molecular formula is C38H35IrN3OS-2. The first-order valence-corrected chi connectivity index (χ1v) is 14.9. The van der Waals surface area contributed by atoms with Crippen molar-refractivity contribution in [1.82, 2.24) is 15.0 Å². The van der Waals surface area contributed by atoms with Crippen molar-refractivity contribution in [1.29, 1.82) is 0 Å². The molecule has 0 saturated heterocycles. The van der Waals surface area contributed by atoms with Gasteiger partial charge in [-0.25, -0.2) is 4.98 Å². The van der Waals surface area contributed by atoms with Crippen LogP contribution in [0.3, 0.4) is 0 Å². The fourth-order valence-corrected chi connectivity index (χ4v) is 5.88. The number of benzene rings is 2. The summed E-state index contributed by atoms with van der Waals surface area (Å²) >= 11 is 1.41. The van der Waals surface area contributed by atoms with Gasteiger partial charge in [0, 0.05) is 55.3 Å². The molecule has 0 aliphatic carbocycles. The van der Waals surface area contributed by atoms with Gasteiger partial charge in [-0.3, -0.25) is 0 Å². The molecule has 0 fully saturated rings. The minimum atomic E-state index is -2.32. The monoisotopic (exact) mass is 779 g/mol. The van der Waals surface area contributed by atoms with Gasteiger partial charge in [-0.05, 0) is 73.0 Å². The average molecular weight is 779 g/mol. The minimum Gasteiger partial charge on any atom is -0.486 e. The van der Waals surface area contributed by atoms with E-state index in [0.717, 1.165) is 32.1 Å². The molecule has 0 unspecified atom stereocenters. The molecule has 6 heteroatoms. The molecule has 0 aliphatic heterocycles. The molecule has 5 aromatic heterocycles. The Hall–Kier alpha value is -3.70. The Morgan fingerprint density at radius 1 is 0.909 bits per heavy atom. The summed E-state index contributed by atoms with van der Waals surface area (Å²) in [7, 11) is 0. The maximum Gasteiger partial charge on any atom is 0.216 e. The minimum absolute atomic E-state index is 0. The Morgan fingerprint density at radius 3 is 2.45 bits per heavy atom. The Balaban J connectivity index is 0.000000246. The average Bonchev–Trinajstić information content (AvgIpc) is 3.63. The van der Waals surface area contributed by atoms with Gasteiger partial charge in [0.1, 0.15) is 0 Å². The smallest absolute Gasteiger partial charge is 0.216 e. The molecule has 0 spiro atoms. The van der Waals surface area contributed by atoms with Crippen LogP contribution in [-0.4, -0.2) is 15.0 Å². The van der Waals surface area contributed by atoms with Crippen LogP contribution in [0.2, 0.25) is 0 Å². The van der Waals surface area contributed by atoms with E-state index in [1.807, 2.05) is 51.2 Å². The summed E-state index contributed by atoms with van der Waals surface area (Å²) in [6.45, 7) is 9.61. The normalized spacial score (nSPS) is 13.7. The summed E-state index contributed by atoms with van der Waals surface area (Å²) in [4.78, 5) is 13.9. The van der Waals surface area contributed by atoms with Crippen molar-refractivity contribution in [2.45, 2.75) is 54.8 Å². The molecule has 4 nitrogen and oxygen atoms in total. The third kappa shape index (κ3) is 6.83. The van der Waals surface area contributed by atoms with Crippen LogP contribution in [0, 0.1) is 45.2 Å². The number of nitrogens with zero attached hydrogens (tertiary/aromatic N) is 3. The fraction of sp³-hybridized carbons (Fsp3) is 0.237. The maximum absolute atomic E-state index is 8.59. The zero-order valence-corrected chi connectivity index (χ0v) is 28.6. The standard InChI is InChI=1S/C24H21N2OS.C14H14N.Ir/c1-14-8-9-18-17-6-5-7-19(22(17)27-23(18)26-14)20-11-15-10-16(12-24(2,3)4)28-21(15)13-25-20;1-10-4-6-13(7-5-10)14-8-11(2)12(3)9-15-14;/h5-6,8-11,13H,12H2,1-4H3;4-6,8-9H,1-3H3;/q2*-1;/i1D3,12D2;;. The quantitative estimate of drug-likeness (QED) is 0.168. The summed E-state index contributed by atoms with van der Waals surface area (Å²) in [6.07, 6.45) is 2.18. The summed E-state index contributed by atoms with van der Waals surface area (Å²) in [5.74, 6) is 0. The van der Waals surface area contributed by atoms with E-state index < -0.39 is 18.6 Å². The van der Waals surface area contributed by atoms with Crippen molar-refractivity contribution in [2.24, 2.45) is 5.41 Å². The number of hydrogen-bond acceptors (Lipinski definition) is 5. The van der Waals surface area contributed by atoms with E-state index in [9.17, 15) is 0 Å². The number of aryl methyl sites for hydroxylation is 4. The molecular weight excluding hydrogens is 739 g/mol. The van der Waals surface area contributed by atoms with Crippen LogP contribution < -0.4 is 0 Å². The molecule has 0 bridgehead atoms. The van der Waals surface area contributed by atoms with E-state index in [0.29, 0.717) is 21.7 Å². The number of rotatable bonds is 3. The van der Waals surface area contributed by atoms with Crippen molar-refractivity contribution < 1.29 is 31.4 Å². The van der Waals surface area contributed by atoms with Crippen LogP contribution in [0.4, 0.5) is 0 Å². The zero-order chi connectivity index (χ0) is 34.6. The van der Waals surface area contributed by atoms with Crippen molar-refractivity contribution in [2.75, 3.05) is 0 Å². The van der Waals surface area contributed by atoms with Crippen LogP contribution in [0.1, 0.15) is 54.9 Å². The van der Waals surface area contributed by atoms with Gasteiger partial charge < -0.3 is 14.4 Å². The molecule has 225 valence electrons. The molecule has 1 radical (unpaired) electrons. The van der Waals surface area contributed by atoms with E-state index in [2.05, 4.69) is 66.1 Å². The number of aromatic nitrogens is 3. The first kappa shape index (κ1) is 25.6. The molecule has 0 saturated carbocycles. The van der Waals surface area contributed by atoms with Gasteiger partial charge in [-0.15, -0.1) is 64.9 Å². The number of pyridine rings is 3. The topological polar surface area (TPSA) is 51.8 Å². The predicted molar refractivity (Wildman–Crippen MR) is 180 cm³/mol. The van der Waals surface area contributed by atoms with Crippen LogP contribution in [0.5, 0.6) is 0 Å². The summed E-state index contributed by atoms with van der Waals surface area (Å²) in [5.41, 5.74) is 7.31. The maximum atomic E-state index is 8.59. The summed E-state index contributed by atoms with van der Waals surface area (Å²) in [5, 5.41) is 2.43. The third-order valence-electron chi connectivity index (χ3n) is 7.07. The fourth-order valence-electron chi connectivity index (χ4n) is 4.76. The van der Waals surface area contributed by atoms with Gasteiger partial charge in [-0.1, -0.05) is 56.3 Å². The number of hydrogen-bond donors (Lipinski definition) is 0. The van der Waals surface area contributed by atoms with E-state index in [4.69, 9.17) is 11.3 Å². The van der Waals surface area contributed by atoms with Gasteiger partial charge >= 0.3 is 0 Å². The van der Waals surface area contributed by atoms with Gasteiger partial charge in [-0.2, -0.15) is 0 Å². The van der Waals surface area contributed by atoms with Crippen LogP contribution >= 0.6 is 11.3 Å². The van der Waals surface area contributed by atoms with Gasteiger partial charge in [0.05, 0.1) is 10.3 Å². The third-order valence-corrected chi connectivity index (χ3v) is 8.07. The predicted octanol–water partition coefficient (Wildman–Crippen LogP) is 10.4. The first-order valence-electron chi connectivity index (χ1n) is 16.6. The molecule has 0 aliphatic rings. The van der Waals surface area contributed by atoms with Crippen LogP contribution in [0.25, 0.3) is 54.7 Å². The molecule has 7 aromatic rings. The molecule has 5 heterocycles. The van der Waals surface area contributed by atoms with Gasteiger partial charge in [0.25, 0.3) is 0 Å². The number of fused-ring (bicyclic) bond motifs is 4. The zero-order valence-electron chi connectivity index (χ0n) is 30.4. The molecule has 2 aromatic carbocycles. The second kappa shape index (κ2) is 12.7. The van der Waals surface area contributed by atoms with E-state index >= 15 is 0 Å². The van der Waals surface area contributed by atoms with E-state index in [1.54, 1.807) is 18.3 Å². The molecule has 7 rings (SSSR count). The first-order chi connectivity index (χ1) is 22.5. The second-order valence-corrected chi connectivity index (χ2v) is 12.9. The molecule has 0 atom stereocenters. The molecule has 0 N–H and O–H groups in total. The Kier molecular flexibility index (Phi) is 7.41. The second-order valence-electron chi connectivity index (χ2n) is 11.8. The SMILES string of the molecule is Cc1c[c-]c(-c2cc(C)c(C)cn2)cc1.[2H]C([2H])([2H])c1ccc2c(n1)oc1c(-c3cc4cc(C([2H])([2H])C(C)(C)C)sc4cn3)[c-]ccc12.[Ir]. The van der Waals surface area contributed by atoms with E-state index in [1.165, 1.54) is 34.1 Å². The van der Waals surface area contributed by atoms with Crippen molar-refractivity contribution >= 4 is 43.5 Å². The summed E-state index contributed by atoms with van der Waals surface area (Å²) < 4.78 is 46.9. The van der Waals surface area contributed by atoms with Crippen molar-refractivity contribution in [3.63, 3.8) is 0 Å².